The molecular weight excluding hydrogens is 352 g/mol. The van der Waals surface area contributed by atoms with E-state index in [4.69, 9.17) is 9.57 Å². The molecule has 0 fully saturated rings. The molecule has 0 aliphatic carbocycles. The topological polar surface area (TPSA) is 59.9 Å². The third kappa shape index (κ3) is 6.12. The lowest BCUT2D eigenvalue weighted by Crippen LogP contribution is -2.32. The van der Waals surface area contributed by atoms with Crippen molar-refractivity contribution in [1.29, 1.82) is 0 Å². The number of nitrogens with zero attached hydrogens (tertiary/aromatic N) is 1. The van der Waals surface area contributed by atoms with E-state index in [2.05, 4.69) is 23.5 Å². The van der Waals surface area contributed by atoms with Crippen molar-refractivity contribution in [3.8, 4) is 5.75 Å². The van der Waals surface area contributed by atoms with Crippen LogP contribution in [0.4, 0.5) is 0 Å². The second kappa shape index (κ2) is 11.8. The summed E-state index contributed by atoms with van der Waals surface area (Å²) >= 11 is 0. The zero-order valence-corrected chi connectivity index (χ0v) is 17.0. The maximum Gasteiger partial charge on any atom is 0.273 e. The number of hydrogen-bond donors (Lipinski definition) is 1. The lowest BCUT2D eigenvalue weighted by atomic mass is 10.0. The molecule has 1 amide bonds. The molecule has 0 aromatic heterocycles. The Morgan fingerprint density at radius 3 is 2.43 bits per heavy atom. The minimum absolute atomic E-state index is 0.250. The molecule has 0 saturated heterocycles. The van der Waals surface area contributed by atoms with Gasteiger partial charge in [0.25, 0.3) is 5.91 Å². The summed E-state index contributed by atoms with van der Waals surface area (Å²) < 4.78 is 6.14. The highest BCUT2D eigenvalue weighted by atomic mass is 16.6. The molecule has 0 aliphatic heterocycles. The van der Waals surface area contributed by atoms with Gasteiger partial charge >= 0.3 is 0 Å². The van der Waals surface area contributed by atoms with E-state index in [-0.39, 0.29) is 11.6 Å². The lowest BCUT2D eigenvalue weighted by Gasteiger charge is -2.14. The zero-order valence-electron chi connectivity index (χ0n) is 17.0. The molecule has 2 aromatic rings. The predicted octanol–water partition coefficient (Wildman–Crippen LogP) is 4.48. The number of para-hydroxylation sites is 1. The first-order chi connectivity index (χ1) is 13.7. The number of carbonyl (C=O) groups is 1. The second-order valence-electron chi connectivity index (χ2n) is 6.49. The molecule has 0 radical (unpaired) electrons. The summed E-state index contributed by atoms with van der Waals surface area (Å²) in [4.78, 5) is 17.3. The monoisotopic (exact) mass is 382 g/mol. The number of carbonyl (C=O) groups excluding carboxylic acids is 1. The molecule has 28 heavy (non-hydrogen) atoms. The van der Waals surface area contributed by atoms with Gasteiger partial charge in [-0.05, 0) is 37.0 Å². The Morgan fingerprint density at radius 1 is 1.00 bits per heavy atom. The molecule has 150 valence electrons. The summed E-state index contributed by atoms with van der Waals surface area (Å²) in [5.41, 5.74) is 3.05. The number of rotatable bonds is 11. The highest BCUT2D eigenvalue weighted by Crippen LogP contribution is 2.22. The molecule has 0 unspecified atom stereocenters. The van der Waals surface area contributed by atoms with Gasteiger partial charge in [-0.25, -0.2) is 0 Å². The first-order valence-electron chi connectivity index (χ1n) is 9.89. The van der Waals surface area contributed by atoms with Crippen molar-refractivity contribution in [2.75, 3.05) is 13.7 Å². The highest BCUT2D eigenvalue weighted by molar-refractivity contribution is 6.45. The Balaban J connectivity index is 2.20. The van der Waals surface area contributed by atoms with E-state index in [9.17, 15) is 4.79 Å². The molecule has 0 saturated carbocycles. The van der Waals surface area contributed by atoms with Crippen LogP contribution in [-0.2, 0) is 22.7 Å². The number of benzene rings is 2. The average molecular weight is 383 g/mol. The van der Waals surface area contributed by atoms with Gasteiger partial charge in [0.1, 0.15) is 19.5 Å². The quantitative estimate of drug-likeness (QED) is 0.354. The fourth-order valence-electron chi connectivity index (χ4n) is 3.00. The number of oxime groups is 1. The third-order valence-corrected chi connectivity index (χ3v) is 4.41. The van der Waals surface area contributed by atoms with Crippen molar-refractivity contribution in [3.05, 3.63) is 65.2 Å². The van der Waals surface area contributed by atoms with Crippen LogP contribution in [0.2, 0.25) is 0 Å². The summed E-state index contributed by atoms with van der Waals surface area (Å²) in [5.74, 6) is 0.619. The van der Waals surface area contributed by atoms with Crippen LogP contribution in [0.25, 0.3) is 0 Å². The van der Waals surface area contributed by atoms with E-state index in [0.29, 0.717) is 18.7 Å². The number of likely N-dealkylation sites (N-methyl/N-ethyl adjacent to an activating group) is 1. The zero-order chi connectivity index (χ0) is 20.2. The van der Waals surface area contributed by atoms with Crippen molar-refractivity contribution in [1.82, 2.24) is 5.32 Å². The fourth-order valence-corrected chi connectivity index (χ4v) is 3.00. The van der Waals surface area contributed by atoms with Crippen LogP contribution in [0.3, 0.4) is 0 Å². The van der Waals surface area contributed by atoms with Gasteiger partial charge in [0, 0.05) is 12.1 Å². The first kappa shape index (κ1) is 21.5. The van der Waals surface area contributed by atoms with E-state index in [1.165, 1.54) is 25.5 Å². The first-order valence-corrected chi connectivity index (χ1v) is 9.89. The van der Waals surface area contributed by atoms with Crippen molar-refractivity contribution in [2.45, 2.75) is 46.1 Å². The van der Waals surface area contributed by atoms with Gasteiger partial charge in [-0.2, -0.15) is 0 Å². The van der Waals surface area contributed by atoms with Crippen LogP contribution >= 0.6 is 0 Å². The number of amides is 1. The smallest absolute Gasteiger partial charge is 0.273 e. The van der Waals surface area contributed by atoms with Crippen molar-refractivity contribution >= 4 is 11.6 Å². The third-order valence-electron chi connectivity index (χ3n) is 4.41. The van der Waals surface area contributed by atoms with Crippen LogP contribution in [-0.4, -0.2) is 25.3 Å². The number of aryl methyl sites for hydroxylation is 1. The summed E-state index contributed by atoms with van der Waals surface area (Å²) in [7, 11) is 1.44. The maximum absolute atomic E-state index is 12.4. The molecule has 5 nitrogen and oxygen atoms in total. The number of unbranched alkanes of at least 4 members (excludes halogenated alkanes) is 2. The van der Waals surface area contributed by atoms with Gasteiger partial charge in [0.05, 0.1) is 0 Å². The van der Waals surface area contributed by atoms with Crippen molar-refractivity contribution in [2.24, 2.45) is 5.16 Å². The molecular formula is C23H30N2O3. The van der Waals surface area contributed by atoms with Gasteiger partial charge in [-0.15, -0.1) is 0 Å². The molecule has 1 N–H and O–H groups in total. The van der Waals surface area contributed by atoms with Crippen LogP contribution in [0.1, 0.15) is 49.8 Å². The largest absolute Gasteiger partial charge is 0.489 e. The minimum atomic E-state index is -0.267. The Morgan fingerprint density at radius 2 is 1.71 bits per heavy atom. The average Bonchev–Trinajstić information content (AvgIpc) is 2.72. The second-order valence-corrected chi connectivity index (χ2v) is 6.49. The van der Waals surface area contributed by atoms with E-state index >= 15 is 0 Å². The summed E-state index contributed by atoms with van der Waals surface area (Å²) in [6, 6.07) is 15.7. The maximum atomic E-state index is 12.4. The fraction of sp³-hybridized carbons (Fsp3) is 0.391. The van der Waals surface area contributed by atoms with Crippen molar-refractivity contribution in [3.63, 3.8) is 0 Å². The molecule has 5 heteroatoms. The van der Waals surface area contributed by atoms with Gasteiger partial charge in [-0.3, -0.25) is 4.79 Å². The molecule has 2 aromatic carbocycles. The van der Waals surface area contributed by atoms with Gasteiger partial charge in [0.2, 0.25) is 0 Å². The van der Waals surface area contributed by atoms with Crippen LogP contribution in [0, 0.1) is 0 Å². The Bertz CT molecular complexity index is 787. The molecule has 0 bridgehead atoms. The van der Waals surface area contributed by atoms with Crippen LogP contribution < -0.4 is 10.1 Å². The van der Waals surface area contributed by atoms with E-state index < -0.39 is 0 Å². The van der Waals surface area contributed by atoms with Crippen LogP contribution in [0.5, 0.6) is 5.75 Å². The number of hydrogen-bond acceptors (Lipinski definition) is 4. The predicted molar refractivity (Wildman–Crippen MR) is 113 cm³/mol. The normalized spacial score (nSPS) is 11.2. The van der Waals surface area contributed by atoms with E-state index in [1.807, 2.05) is 49.4 Å². The standard InChI is InChI=1S/C23H30N2O3/c1-4-6-7-12-18-13-9-11-16-21(18)28-17-19-14-8-10-15-20(19)22(25-27-3)23(26)24-5-2/h8-11,13-16H,4-7,12,17H2,1-3H3,(H,24,26)/b25-22-. The molecule has 0 aliphatic rings. The van der Waals surface area contributed by atoms with Gasteiger partial charge < -0.3 is 14.9 Å². The van der Waals surface area contributed by atoms with Crippen molar-refractivity contribution < 1.29 is 14.4 Å². The summed E-state index contributed by atoms with van der Waals surface area (Å²) in [6.45, 7) is 4.94. The molecule has 2 rings (SSSR count). The van der Waals surface area contributed by atoms with Crippen LogP contribution in [0.15, 0.2) is 53.7 Å². The Labute approximate surface area is 167 Å². The minimum Gasteiger partial charge on any atom is -0.489 e. The van der Waals surface area contributed by atoms with E-state index in [0.717, 1.165) is 24.2 Å². The highest BCUT2D eigenvalue weighted by Gasteiger charge is 2.18. The Hall–Kier alpha value is -2.82. The lowest BCUT2D eigenvalue weighted by molar-refractivity contribution is -0.114. The van der Waals surface area contributed by atoms with E-state index in [1.54, 1.807) is 0 Å². The Kier molecular flexibility index (Phi) is 9.05. The number of nitrogens with one attached hydrogen (secondary N) is 1. The molecule has 0 spiro atoms. The molecule has 0 atom stereocenters. The van der Waals surface area contributed by atoms with Gasteiger partial charge in [-0.1, -0.05) is 67.4 Å². The summed E-state index contributed by atoms with van der Waals surface area (Å²) in [5, 5.41) is 6.72. The SMILES string of the molecule is CCCCCc1ccccc1OCc1ccccc1/C(=N/OC)C(=O)NCC. The van der Waals surface area contributed by atoms with Gasteiger partial charge in [0.15, 0.2) is 5.71 Å². The molecule has 0 heterocycles. The summed E-state index contributed by atoms with van der Waals surface area (Å²) in [6.07, 6.45) is 4.55. The number of ether oxygens (including phenoxy) is 1.